The van der Waals surface area contributed by atoms with Crippen molar-refractivity contribution in [2.45, 2.75) is 20.0 Å². The van der Waals surface area contributed by atoms with Gasteiger partial charge in [0.05, 0.1) is 15.2 Å². The molecule has 2 aromatic carbocycles. The molecular formula is C17H14ClFN2O3S. The molecule has 0 saturated heterocycles. The maximum atomic E-state index is 14.1. The third-order valence-corrected chi connectivity index (χ3v) is 5.05. The molecular weight excluding hydrogens is 367 g/mol. The number of carboxylic acid groups (broad SMARTS) is 1. The summed E-state index contributed by atoms with van der Waals surface area (Å²) in [4.78, 5) is 14.9. The van der Waals surface area contributed by atoms with Gasteiger partial charge in [0.25, 0.3) is 0 Å². The summed E-state index contributed by atoms with van der Waals surface area (Å²) in [6, 6.07) is 8.14. The zero-order valence-corrected chi connectivity index (χ0v) is 14.9. The molecule has 1 amide bonds. The molecule has 5 nitrogen and oxygen atoms in total. The number of thiazole rings is 1. The Labute approximate surface area is 152 Å². The van der Waals surface area contributed by atoms with Crippen molar-refractivity contribution in [1.29, 1.82) is 0 Å². The lowest BCUT2D eigenvalue weighted by Crippen LogP contribution is -2.07. The Morgan fingerprint density at radius 3 is 2.88 bits per heavy atom. The number of carbonyl (C=O) groups is 1. The summed E-state index contributed by atoms with van der Waals surface area (Å²) >= 11 is 7.40. The third kappa shape index (κ3) is 3.67. The summed E-state index contributed by atoms with van der Waals surface area (Å²) < 4.78 is 20.7. The number of rotatable bonds is 4. The Bertz CT molecular complexity index is 960. The number of anilines is 1. The van der Waals surface area contributed by atoms with Gasteiger partial charge in [0, 0.05) is 5.56 Å². The fourth-order valence-electron chi connectivity index (χ4n) is 2.44. The first-order chi connectivity index (χ1) is 11.8. The molecule has 3 aromatic rings. The predicted molar refractivity (Wildman–Crippen MR) is 96.5 cm³/mol. The second kappa shape index (κ2) is 6.85. The highest BCUT2D eigenvalue weighted by atomic mass is 35.5. The lowest BCUT2D eigenvalue weighted by atomic mass is 10.1. The number of nitrogens with zero attached hydrogens (tertiary/aromatic N) is 1. The van der Waals surface area contributed by atoms with Gasteiger partial charge in [-0.2, -0.15) is 0 Å². The van der Waals surface area contributed by atoms with E-state index in [0.29, 0.717) is 21.9 Å². The van der Waals surface area contributed by atoms with Crippen LogP contribution in [-0.4, -0.2) is 16.2 Å². The maximum Gasteiger partial charge on any atom is 0.410 e. The fourth-order valence-corrected chi connectivity index (χ4v) is 3.63. The van der Waals surface area contributed by atoms with Crippen LogP contribution in [0.3, 0.4) is 0 Å². The SMILES string of the molecule is Cc1ccc(F)c(C(C)Oc2ccc3nc(NC(=O)O)sc3c2)c1Cl. The molecule has 1 atom stereocenters. The van der Waals surface area contributed by atoms with E-state index in [4.69, 9.17) is 21.4 Å². The highest BCUT2D eigenvalue weighted by Gasteiger charge is 2.18. The Balaban J connectivity index is 1.87. The molecule has 0 spiro atoms. The van der Waals surface area contributed by atoms with E-state index >= 15 is 0 Å². The van der Waals surface area contributed by atoms with E-state index in [1.165, 1.54) is 17.4 Å². The van der Waals surface area contributed by atoms with E-state index in [0.717, 1.165) is 10.3 Å². The summed E-state index contributed by atoms with van der Waals surface area (Å²) in [5, 5.41) is 11.6. The van der Waals surface area contributed by atoms with Crippen LogP contribution in [0.15, 0.2) is 30.3 Å². The van der Waals surface area contributed by atoms with Gasteiger partial charge >= 0.3 is 6.09 Å². The van der Waals surface area contributed by atoms with Crippen LogP contribution in [0.25, 0.3) is 10.2 Å². The number of hydrogen-bond donors (Lipinski definition) is 2. The summed E-state index contributed by atoms with van der Waals surface area (Å²) in [6.07, 6.45) is -1.76. The second-order valence-corrected chi connectivity index (χ2v) is 6.84. The number of nitrogens with one attached hydrogen (secondary N) is 1. The number of ether oxygens (including phenoxy) is 1. The lowest BCUT2D eigenvalue weighted by Gasteiger charge is -2.18. The van der Waals surface area contributed by atoms with Gasteiger partial charge in [-0.1, -0.05) is 29.0 Å². The smallest absolute Gasteiger partial charge is 0.410 e. The topological polar surface area (TPSA) is 71.5 Å². The van der Waals surface area contributed by atoms with Crippen LogP contribution in [0, 0.1) is 12.7 Å². The second-order valence-electron chi connectivity index (χ2n) is 5.43. The van der Waals surface area contributed by atoms with Crippen molar-refractivity contribution in [1.82, 2.24) is 4.98 Å². The van der Waals surface area contributed by atoms with Gasteiger partial charge in [0.15, 0.2) is 5.13 Å². The van der Waals surface area contributed by atoms with Crippen molar-refractivity contribution in [2.75, 3.05) is 5.32 Å². The minimum absolute atomic E-state index is 0.278. The minimum Gasteiger partial charge on any atom is -0.486 e. The molecule has 3 rings (SSSR count). The maximum absolute atomic E-state index is 14.1. The van der Waals surface area contributed by atoms with E-state index in [1.54, 1.807) is 38.1 Å². The van der Waals surface area contributed by atoms with Crippen LogP contribution < -0.4 is 10.1 Å². The standard InChI is InChI=1S/C17H14ClFN2O3S/c1-8-3-5-11(19)14(15(8)18)9(2)24-10-4-6-12-13(7-10)25-16(20-12)21-17(22)23/h3-7,9H,1-2H3,(H,20,21)(H,22,23). The highest BCUT2D eigenvalue weighted by Crippen LogP contribution is 2.34. The highest BCUT2D eigenvalue weighted by molar-refractivity contribution is 7.22. The molecule has 2 N–H and O–H groups in total. The lowest BCUT2D eigenvalue weighted by molar-refractivity contribution is 0.209. The molecule has 0 radical (unpaired) electrons. The van der Waals surface area contributed by atoms with Gasteiger partial charge in [-0.15, -0.1) is 0 Å². The molecule has 1 aromatic heterocycles. The van der Waals surface area contributed by atoms with Crippen molar-refractivity contribution in [3.05, 3.63) is 52.3 Å². The van der Waals surface area contributed by atoms with Crippen LogP contribution in [0.2, 0.25) is 5.02 Å². The number of hydrogen-bond acceptors (Lipinski definition) is 4. The predicted octanol–water partition coefficient (Wildman–Crippen LogP) is 5.63. The normalized spacial score (nSPS) is 12.2. The fraction of sp³-hybridized carbons (Fsp3) is 0.176. The third-order valence-electron chi connectivity index (χ3n) is 3.61. The summed E-state index contributed by atoms with van der Waals surface area (Å²) in [5.41, 5.74) is 1.73. The average Bonchev–Trinajstić information content (AvgIpc) is 2.92. The van der Waals surface area contributed by atoms with Crippen LogP contribution >= 0.6 is 22.9 Å². The van der Waals surface area contributed by atoms with E-state index in [2.05, 4.69) is 10.3 Å². The molecule has 8 heteroatoms. The Hall–Kier alpha value is -2.38. The minimum atomic E-state index is -1.17. The van der Waals surface area contributed by atoms with Gasteiger partial charge in [-0.3, -0.25) is 5.32 Å². The zero-order chi connectivity index (χ0) is 18.1. The summed E-state index contributed by atoms with van der Waals surface area (Å²) in [5.74, 6) is 0.0948. The van der Waals surface area contributed by atoms with Crippen LogP contribution in [-0.2, 0) is 0 Å². The first kappa shape index (κ1) is 17.4. The zero-order valence-electron chi connectivity index (χ0n) is 13.3. The van der Waals surface area contributed by atoms with Crippen LogP contribution in [0.4, 0.5) is 14.3 Å². The molecule has 0 aliphatic carbocycles. The van der Waals surface area contributed by atoms with Crippen molar-refractivity contribution < 1.29 is 19.0 Å². The number of aromatic nitrogens is 1. The number of halogens is 2. The number of benzene rings is 2. The quantitative estimate of drug-likeness (QED) is 0.615. The summed E-state index contributed by atoms with van der Waals surface area (Å²) in [6.45, 7) is 3.52. The van der Waals surface area contributed by atoms with E-state index in [-0.39, 0.29) is 5.13 Å². The van der Waals surface area contributed by atoms with Crippen LogP contribution in [0.1, 0.15) is 24.2 Å². The van der Waals surface area contributed by atoms with Crippen molar-refractivity contribution in [3.8, 4) is 5.75 Å². The van der Waals surface area contributed by atoms with E-state index in [9.17, 15) is 9.18 Å². The molecule has 0 aliphatic rings. The molecule has 0 fully saturated rings. The first-order valence-electron chi connectivity index (χ1n) is 7.37. The monoisotopic (exact) mass is 380 g/mol. The van der Waals surface area contributed by atoms with Crippen LogP contribution in [0.5, 0.6) is 5.75 Å². The molecule has 0 aliphatic heterocycles. The van der Waals surface area contributed by atoms with E-state index < -0.39 is 18.0 Å². The summed E-state index contributed by atoms with van der Waals surface area (Å²) in [7, 11) is 0. The van der Waals surface area contributed by atoms with Gasteiger partial charge in [0.1, 0.15) is 17.7 Å². The molecule has 130 valence electrons. The first-order valence-corrected chi connectivity index (χ1v) is 8.56. The molecule has 1 unspecified atom stereocenters. The van der Waals surface area contributed by atoms with Gasteiger partial charge in [-0.25, -0.2) is 14.2 Å². The van der Waals surface area contributed by atoms with Gasteiger partial charge < -0.3 is 9.84 Å². The molecule has 25 heavy (non-hydrogen) atoms. The van der Waals surface area contributed by atoms with Crippen molar-refractivity contribution in [3.63, 3.8) is 0 Å². The molecule has 0 bridgehead atoms. The van der Waals surface area contributed by atoms with Gasteiger partial charge in [0.2, 0.25) is 0 Å². The average molecular weight is 381 g/mol. The van der Waals surface area contributed by atoms with E-state index in [1.807, 2.05) is 0 Å². The molecule has 0 saturated carbocycles. The Morgan fingerprint density at radius 2 is 2.16 bits per heavy atom. The number of fused-ring (bicyclic) bond motifs is 1. The van der Waals surface area contributed by atoms with Crippen molar-refractivity contribution >= 4 is 44.4 Å². The van der Waals surface area contributed by atoms with Gasteiger partial charge in [-0.05, 0) is 43.7 Å². The largest absolute Gasteiger partial charge is 0.486 e. The van der Waals surface area contributed by atoms with Crippen molar-refractivity contribution in [2.24, 2.45) is 0 Å². The Morgan fingerprint density at radius 1 is 1.40 bits per heavy atom. The molecule has 1 heterocycles. The number of amides is 1. The Kier molecular flexibility index (Phi) is 4.78. The number of aryl methyl sites for hydroxylation is 1.